The molecule has 3 nitrogen and oxygen atoms in total. The number of hydrogen-bond donors (Lipinski definition) is 1. The van der Waals surface area contributed by atoms with Gasteiger partial charge in [-0.15, -0.1) is 0 Å². The summed E-state index contributed by atoms with van der Waals surface area (Å²) in [6.45, 7) is 6.20. The first-order chi connectivity index (χ1) is 8.70. The van der Waals surface area contributed by atoms with Gasteiger partial charge in [-0.3, -0.25) is 0 Å². The Morgan fingerprint density at radius 2 is 2.06 bits per heavy atom. The molecule has 0 spiro atoms. The van der Waals surface area contributed by atoms with Crippen LogP contribution in [-0.2, 0) is 4.74 Å². The monoisotopic (exact) mass is 249 g/mol. The number of ether oxygens (including phenoxy) is 2. The Hall–Kier alpha value is -1.06. The van der Waals surface area contributed by atoms with Gasteiger partial charge in [-0.05, 0) is 37.0 Å². The van der Waals surface area contributed by atoms with Gasteiger partial charge < -0.3 is 14.8 Å². The minimum absolute atomic E-state index is 0.362. The van der Waals surface area contributed by atoms with E-state index in [4.69, 9.17) is 9.47 Å². The summed E-state index contributed by atoms with van der Waals surface area (Å²) >= 11 is 0. The van der Waals surface area contributed by atoms with Crippen molar-refractivity contribution in [2.45, 2.75) is 32.4 Å². The molecule has 100 valence electrons. The van der Waals surface area contributed by atoms with Crippen molar-refractivity contribution < 1.29 is 9.47 Å². The van der Waals surface area contributed by atoms with Crippen LogP contribution < -0.4 is 10.1 Å². The molecular formula is C15H23NO2. The van der Waals surface area contributed by atoms with Crippen molar-refractivity contribution >= 4 is 0 Å². The SMILES string of the molecule is COc1ccc([C@@H](C)NC2CCOCC2C)cc1. The predicted octanol–water partition coefficient (Wildman–Crippen LogP) is 2.77. The summed E-state index contributed by atoms with van der Waals surface area (Å²) in [5.41, 5.74) is 1.30. The van der Waals surface area contributed by atoms with E-state index in [1.807, 2.05) is 12.1 Å². The Morgan fingerprint density at radius 1 is 1.33 bits per heavy atom. The molecule has 2 rings (SSSR count). The van der Waals surface area contributed by atoms with Crippen LogP contribution in [-0.4, -0.2) is 26.4 Å². The predicted molar refractivity (Wildman–Crippen MR) is 72.9 cm³/mol. The number of hydrogen-bond acceptors (Lipinski definition) is 3. The smallest absolute Gasteiger partial charge is 0.118 e. The largest absolute Gasteiger partial charge is 0.497 e. The maximum absolute atomic E-state index is 5.47. The third-order valence-electron chi connectivity index (χ3n) is 3.72. The number of methoxy groups -OCH3 is 1. The molecule has 0 radical (unpaired) electrons. The first-order valence-corrected chi connectivity index (χ1v) is 6.68. The molecule has 0 aliphatic carbocycles. The highest BCUT2D eigenvalue weighted by Gasteiger charge is 2.23. The highest BCUT2D eigenvalue weighted by Crippen LogP contribution is 2.21. The fourth-order valence-corrected chi connectivity index (χ4v) is 2.44. The lowest BCUT2D eigenvalue weighted by Crippen LogP contribution is -2.42. The van der Waals surface area contributed by atoms with E-state index in [0.717, 1.165) is 25.4 Å². The van der Waals surface area contributed by atoms with Crippen molar-refractivity contribution in [2.75, 3.05) is 20.3 Å². The maximum Gasteiger partial charge on any atom is 0.118 e. The Labute approximate surface area is 109 Å². The summed E-state index contributed by atoms with van der Waals surface area (Å²) in [7, 11) is 1.69. The van der Waals surface area contributed by atoms with E-state index in [0.29, 0.717) is 18.0 Å². The minimum atomic E-state index is 0.362. The second kappa shape index (κ2) is 6.21. The van der Waals surface area contributed by atoms with Crippen LogP contribution in [0.15, 0.2) is 24.3 Å². The van der Waals surface area contributed by atoms with E-state index in [1.165, 1.54) is 5.56 Å². The number of rotatable bonds is 4. The van der Waals surface area contributed by atoms with Gasteiger partial charge in [0.15, 0.2) is 0 Å². The van der Waals surface area contributed by atoms with E-state index >= 15 is 0 Å². The summed E-state index contributed by atoms with van der Waals surface area (Å²) in [5.74, 6) is 1.49. The van der Waals surface area contributed by atoms with Gasteiger partial charge >= 0.3 is 0 Å². The van der Waals surface area contributed by atoms with Gasteiger partial charge in [-0.25, -0.2) is 0 Å². The van der Waals surface area contributed by atoms with Gasteiger partial charge in [0.25, 0.3) is 0 Å². The van der Waals surface area contributed by atoms with E-state index in [1.54, 1.807) is 7.11 Å². The molecular weight excluding hydrogens is 226 g/mol. The van der Waals surface area contributed by atoms with Gasteiger partial charge in [0.05, 0.1) is 13.7 Å². The van der Waals surface area contributed by atoms with Crippen LogP contribution in [0.25, 0.3) is 0 Å². The minimum Gasteiger partial charge on any atom is -0.497 e. The number of nitrogens with one attached hydrogen (secondary N) is 1. The van der Waals surface area contributed by atoms with Crippen molar-refractivity contribution in [1.82, 2.24) is 5.32 Å². The van der Waals surface area contributed by atoms with Crippen LogP contribution in [0.2, 0.25) is 0 Å². The first kappa shape index (κ1) is 13.4. The fourth-order valence-electron chi connectivity index (χ4n) is 2.44. The molecule has 1 aliphatic heterocycles. The lowest BCUT2D eigenvalue weighted by Gasteiger charge is -2.32. The lowest BCUT2D eigenvalue weighted by molar-refractivity contribution is 0.0363. The third kappa shape index (κ3) is 3.24. The summed E-state index contributed by atoms with van der Waals surface area (Å²) in [5, 5.41) is 3.70. The molecule has 2 unspecified atom stereocenters. The van der Waals surface area contributed by atoms with Gasteiger partial charge in [0.2, 0.25) is 0 Å². The topological polar surface area (TPSA) is 30.5 Å². The molecule has 1 saturated heterocycles. The van der Waals surface area contributed by atoms with Crippen LogP contribution in [0.3, 0.4) is 0 Å². The molecule has 0 amide bonds. The summed E-state index contributed by atoms with van der Waals surface area (Å²) in [6.07, 6.45) is 1.10. The molecule has 0 bridgehead atoms. The van der Waals surface area contributed by atoms with Crippen molar-refractivity contribution in [1.29, 1.82) is 0 Å². The molecule has 1 heterocycles. The third-order valence-corrected chi connectivity index (χ3v) is 3.72. The number of benzene rings is 1. The Kier molecular flexibility index (Phi) is 4.61. The van der Waals surface area contributed by atoms with Gasteiger partial charge in [0, 0.05) is 18.7 Å². The van der Waals surface area contributed by atoms with Gasteiger partial charge in [-0.2, -0.15) is 0 Å². The fraction of sp³-hybridized carbons (Fsp3) is 0.600. The molecule has 3 heteroatoms. The standard InChI is InChI=1S/C15H23NO2/c1-11-10-18-9-8-15(11)16-12(2)13-4-6-14(17-3)7-5-13/h4-7,11-12,15-16H,8-10H2,1-3H3/t11?,12-,15?/m1/s1. The molecule has 0 saturated carbocycles. The maximum atomic E-state index is 5.47. The zero-order valence-electron chi connectivity index (χ0n) is 11.5. The van der Waals surface area contributed by atoms with E-state index in [-0.39, 0.29) is 0 Å². The zero-order valence-corrected chi connectivity index (χ0v) is 11.5. The molecule has 1 fully saturated rings. The zero-order chi connectivity index (χ0) is 13.0. The average molecular weight is 249 g/mol. The van der Waals surface area contributed by atoms with Crippen molar-refractivity contribution in [3.63, 3.8) is 0 Å². The second-order valence-electron chi connectivity index (χ2n) is 5.11. The van der Waals surface area contributed by atoms with Crippen LogP contribution in [0.4, 0.5) is 0 Å². The van der Waals surface area contributed by atoms with Crippen LogP contribution in [0, 0.1) is 5.92 Å². The molecule has 1 aromatic rings. The second-order valence-corrected chi connectivity index (χ2v) is 5.11. The molecule has 1 aliphatic rings. The molecule has 3 atom stereocenters. The van der Waals surface area contributed by atoms with Crippen molar-refractivity contribution in [2.24, 2.45) is 5.92 Å². The summed E-state index contributed by atoms with van der Waals surface area (Å²) < 4.78 is 10.7. The summed E-state index contributed by atoms with van der Waals surface area (Å²) in [4.78, 5) is 0. The van der Waals surface area contributed by atoms with E-state index in [2.05, 4.69) is 31.3 Å². The Balaban J connectivity index is 1.95. The highest BCUT2D eigenvalue weighted by atomic mass is 16.5. The quantitative estimate of drug-likeness (QED) is 0.890. The summed E-state index contributed by atoms with van der Waals surface area (Å²) in [6, 6.07) is 9.19. The van der Waals surface area contributed by atoms with E-state index in [9.17, 15) is 0 Å². The normalized spacial score (nSPS) is 25.7. The Bertz CT molecular complexity index is 363. The average Bonchev–Trinajstić information content (AvgIpc) is 2.41. The van der Waals surface area contributed by atoms with Crippen LogP contribution in [0.5, 0.6) is 5.75 Å². The Morgan fingerprint density at radius 3 is 2.67 bits per heavy atom. The van der Waals surface area contributed by atoms with Crippen molar-refractivity contribution in [3.8, 4) is 5.75 Å². The molecule has 1 aromatic carbocycles. The van der Waals surface area contributed by atoms with Gasteiger partial charge in [0.1, 0.15) is 5.75 Å². The molecule has 1 N–H and O–H groups in total. The highest BCUT2D eigenvalue weighted by molar-refractivity contribution is 5.28. The van der Waals surface area contributed by atoms with Gasteiger partial charge in [-0.1, -0.05) is 19.1 Å². The lowest BCUT2D eigenvalue weighted by atomic mass is 9.96. The van der Waals surface area contributed by atoms with Crippen molar-refractivity contribution in [3.05, 3.63) is 29.8 Å². The van der Waals surface area contributed by atoms with Crippen LogP contribution in [0.1, 0.15) is 31.9 Å². The van der Waals surface area contributed by atoms with Crippen LogP contribution >= 0.6 is 0 Å². The first-order valence-electron chi connectivity index (χ1n) is 6.68. The van der Waals surface area contributed by atoms with E-state index < -0.39 is 0 Å². The molecule has 0 aromatic heterocycles. The molecule has 18 heavy (non-hydrogen) atoms.